The lowest BCUT2D eigenvalue weighted by atomic mass is 10.1. The van der Waals surface area contributed by atoms with Gasteiger partial charge >= 0.3 is 0 Å². The van der Waals surface area contributed by atoms with Crippen LogP contribution in [0.25, 0.3) is 16.8 Å². The Bertz CT molecular complexity index is 811. The molecule has 3 nitrogen and oxygen atoms in total. The second kappa shape index (κ2) is 5.84. The van der Waals surface area contributed by atoms with Crippen molar-refractivity contribution in [3.8, 4) is 11.1 Å². The average Bonchev–Trinajstić information content (AvgIpc) is 2.82. The zero-order valence-electron chi connectivity index (χ0n) is 11.3. The largest absolute Gasteiger partial charge is 0.216 e. The quantitative estimate of drug-likeness (QED) is 0.605. The number of aromatic nitrogens is 3. The van der Waals surface area contributed by atoms with E-state index in [9.17, 15) is 0 Å². The summed E-state index contributed by atoms with van der Waals surface area (Å²) < 4.78 is 1.62. The van der Waals surface area contributed by atoms with Crippen molar-refractivity contribution in [2.75, 3.05) is 0 Å². The Morgan fingerprint density at radius 1 is 1.14 bits per heavy atom. The molecule has 0 spiro atoms. The summed E-state index contributed by atoms with van der Waals surface area (Å²) in [5.41, 5.74) is 3.06. The normalized spacial score (nSPS) is 11.2. The Labute approximate surface area is 137 Å². The molecule has 21 heavy (non-hydrogen) atoms. The number of aryl methyl sites for hydroxylation is 1. The van der Waals surface area contributed by atoms with Gasteiger partial charge in [-0.3, -0.25) is 0 Å². The summed E-state index contributed by atoms with van der Waals surface area (Å²) in [6.07, 6.45) is 1.89. The van der Waals surface area contributed by atoms with Crippen molar-refractivity contribution in [1.29, 1.82) is 0 Å². The van der Waals surface area contributed by atoms with Crippen molar-refractivity contribution in [2.45, 2.75) is 19.8 Å². The van der Waals surface area contributed by atoms with Gasteiger partial charge in [0.2, 0.25) is 0 Å². The average molecular weight is 341 g/mol. The molecule has 2 heterocycles. The highest BCUT2D eigenvalue weighted by Gasteiger charge is 2.16. The maximum Gasteiger partial charge on any atom is 0.158 e. The smallest absolute Gasteiger partial charge is 0.158 e. The van der Waals surface area contributed by atoms with Gasteiger partial charge in [0, 0.05) is 11.1 Å². The Balaban J connectivity index is 2.23. The molecule has 3 aromatic rings. The molecule has 0 aliphatic heterocycles. The summed E-state index contributed by atoms with van der Waals surface area (Å²) in [5.74, 6) is 0. The van der Waals surface area contributed by atoms with Crippen LogP contribution in [0, 0.1) is 0 Å². The van der Waals surface area contributed by atoms with E-state index < -0.39 is 0 Å². The summed E-state index contributed by atoms with van der Waals surface area (Å²) in [6, 6.07) is 9.25. The first kappa shape index (κ1) is 14.6. The molecule has 0 saturated carbocycles. The molecule has 0 fully saturated rings. The Kier molecular flexibility index (Phi) is 4.07. The molecule has 108 valence electrons. The van der Waals surface area contributed by atoms with Gasteiger partial charge in [-0.25, -0.2) is 9.50 Å². The summed E-state index contributed by atoms with van der Waals surface area (Å²) in [7, 11) is 0. The fourth-order valence-electron chi connectivity index (χ4n) is 2.25. The zero-order chi connectivity index (χ0) is 15.0. The van der Waals surface area contributed by atoms with Gasteiger partial charge in [0.15, 0.2) is 5.65 Å². The number of nitrogens with zero attached hydrogens (tertiary/aromatic N) is 3. The molecule has 3 rings (SSSR count). The molecule has 0 aliphatic carbocycles. The zero-order valence-corrected chi connectivity index (χ0v) is 13.5. The molecule has 0 radical (unpaired) electrons. The number of hydrogen-bond acceptors (Lipinski definition) is 2. The SMILES string of the molecule is CCCc1cc2nc(Cl)c(-c3cccc(Cl)c3)c(Cl)n2n1. The van der Waals surface area contributed by atoms with Gasteiger partial charge < -0.3 is 0 Å². The number of halogens is 3. The standard InChI is InChI=1S/C15H12Cl3N3/c1-2-4-11-8-12-19-14(17)13(15(18)21(12)20-11)9-5-3-6-10(16)7-9/h3,5-8H,2,4H2,1H3. The second-order valence-electron chi connectivity index (χ2n) is 4.73. The van der Waals surface area contributed by atoms with E-state index in [4.69, 9.17) is 34.8 Å². The van der Waals surface area contributed by atoms with E-state index in [1.807, 2.05) is 18.2 Å². The molecular weight excluding hydrogens is 329 g/mol. The number of benzene rings is 1. The third kappa shape index (κ3) is 2.73. The summed E-state index contributed by atoms with van der Waals surface area (Å²) >= 11 is 18.8. The minimum absolute atomic E-state index is 0.345. The highest BCUT2D eigenvalue weighted by molar-refractivity contribution is 6.38. The van der Waals surface area contributed by atoms with Crippen LogP contribution in [-0.2, 0) is 6.42 Å². The van der Waals surface area contributed by atoms with Crippen LogP contribution in [0.2, 0.25) is 15.3 Å². The second-order valence-corrected chi connectivity index (χ2v) is 5.89. The lowest BCUT2D eigenvalue weighted by Crippen LogP contribution is -1.97. The fraction of sp³-hybridized carbons (Fsp3) is 0.200. The van der Waals surface area contributed by atoms with Gasteiger partial charge in [0.05, 0.1) is 11.3 Å². The van der Waals surface area contributed by atoms with Gasteiger partial charge in [-0.1, -0.05) is 60.3 Å². The van der Waals surface area contributed by atoms with Gasteiger partial charge in [0.25, 0.3) is 0 Å². The molecule has 0 bridgehead atoms. The van der Waals surface area contributed by atoms with Crippen molar-refractivity contribution in [3.05, 3.63) is 51.4 Å². The molecule has 1 aromatic carbocycles. The van der Waals surface area contributed by atoms with E-state index in [2.05, 4.69) is 17.0 Å². The number of fused-ring (bicyclic) bond motifs is 1. The first-order valence-electron chi connectivity index (χ1n) is 6.59. The van der Waals surface area contributed by atoms with E-state index in [1.54, 1.807) is 16.6 Å². The van der Waals surface area contributed by atoms with Crippen molar-refractivity contribution in [3.63, 3.8) is 0 Å². The van der Waals surface area contributed by atoms with Crippen LogP contribution in [0.4, 0.5) is 0 Å². The highest BCUT2D eigenvalue weighted by atomic mass is 35.5. The lowest BCUT2D eigenvalue weighted by molar-refractivity contribution is 0.834. The van der Waals surface area contributed by atoms with E-state index in [1.165, 1.54) is 0 Å². The Hall–Kier alpha value is -1.29. The van der Waals surface area contributed by atoms with Gasteiger partial charge in [0.1, 0.15) is 10.3 Å². The molecular formula is C15H12Cl3N3. The van der Waals surface area contributed by atoms with E-state index in [0.29, 0.717) is 26.5 Å². The van der Waals surface area contributed by atoms with Crippen LogP contribution in [0.5, 0.6) is 0 Å². The third-order valence-corrected chi connectivity index (χ3v) is 4.03. The van der Waals surface area contributed by atoms with Crippen molar-refractivity contribution in [1.82, 2.24) is 14.6 Å². The summed E-state index contributed by atoms with van der Waals surface area (Å²) in [5, 5.41) is 5.88. The van der Waals surface area contributed by atoms with Crippen LogP contribution in [0.1, 0.15) is 19.0 Å². The maximum absolute atomic E-state index is 6.48. The predicted molar refractivity (Wildman–Crippen MR) is 87.4 cm³/mol. The molecule has 0 amide bonds. The lowest BCUT2D eigenvalue weighted by Gasteiger charge is -2.08. The topological polar surface area (TPSA) is 30.2 Å². The van der Waals surface area contributed by atoms with Crippen LogP contribution in [0.15, 0.2) is 30.3 Å². The van der Waals surface area contributed by atoms with Gasteiger partial charge in [-0.2, -0.15) is 5.10 Å². The van der Waals surface area contributed by atoms with Crippen molar-refractivity contribution >= 4 is 40.4 Å². The van der Waals surface area contributed by atoms with Crippen LogP contribution in [0.3, 0.4) is 0 Å². The molecule has 0 saturated heterocycles. The Morgan fingerprint density at radius 2 is 1.95 bits per heavy atom. The molecule has 0 atom stereocenters. The van der Waals surface area contributed by atoms with Gasteiger partial charge in [-0.15, -0.1) is 0 Å². The third-order valence-electron chi connectivity index (χ3n) is 3.17. The first-order chi connectivity index (χ1) is 10.1. The van der Waals surface area contributed by atoms with Crippen molar-refractivity contribution in [2.24, 2.45) is 0 Å². The van der Waals surface area contributed by atoms with E-state index >= 15 is 0 Å². The highest BCUT2D eigenvalue weighted by Crippen LogP contribution is 2.35. The molecule has 6 heteroatoms. The summed E-state index contributed by atoms with van der Waals surface area (Å²) in [6.45, 7) is 2.10. The molecule has 0 aliphatic rings. The van der Waals surface area contributed by atoms with E-state index in [-0.39, 0.29) is 0 Å². The first-order valence-corrected chi connectivity index (χ1v) is 7.73. The minimum atomic E-state index is 0.345. The molecule has 2 aromatic heterocycles. The number of rotatable bonds is 3. The number of hydrogen-bond donors (Lipinski definition) is 0. The minimum Gasteiger partial charge on any atom is -0.216 e. The molecule has 0 N–H and O–H groups in total. The van der Waals surface area contributed by atoms with Crippen molar-refractivity contribution < 1.29 is 0 Å². The Morgan fingerprint density at radius 3 is 2.67 bits per heavy atom. The monoisotopic (exact) mass is 339 g/mol. The summed E-state index contributed by atoms with van der Waals surface area (Å²) in [4.78, 5) is 4.38. The van der Waals surface area contributed by atoms with Crippen LogP contribution < -0.4 is 0 Å². The predicted octanol–water partition coefficient (Wildman–Crippen LogP) is 5.31. The van der Waals surface area contributed by atoms with Crippen LogP contribution in [-0.4, -0.2) is 14.6 Å². The van der Waals surface area contributed by atoms with E-state index in [0.717, 1.165) is 24.1 Å². The fourth-order valence-corrected chi connectivity index (χ4v) is 3.10. The molecule has 0 unspecified atom stereocenters. The van der Waals surface area contributed by atoms with Crippen LogP contribution >= 0.6 is 34.8 Å². The maximum atomic E-state index is 6.48. The van der Waals surface area contributed by atoms with Gasteiger partial charge in [-0.05, 0) is 24.1 Å².